The maximum absolute atomic E-state index is 12.7. The first-order chi connectivity index (χ1) is 10.3. The Morgan fingerprint density at radius 2 is 1.77 bits per heavy atom. The third-order valence-corrected chi connectivity index (χ3v) is 4.59. The predicted octanol–water partition coefficient (Wildman–Crippen LogP) is 4.27. The highest BCUT2D eigenvalue weighted by atomic mass is 16.1. The number of rotatable bonds is 8. The molecule has 0 saturated heterocycles. The molecule has 1 atom stereocenters. The van der Waals surface area contributed by atoms with Gasteiger partial charge in [0.2, 0.25) is 0 Å². The molecule has 1 rings (SSSR count). The quantitative estimate of drug-likeness (QED) is 0.728. The van der Waals surface area contributed by atoms with Crippen molar-refractivity contribution < 1.29 is 9.59 Å². The lowest BCUT2D eigenvalue weighted by molar-refractivity contribution is -0.126. The van der Waals surface area contributed by atoms with Gasteiger partial charge in [-0.2, -0.15) is 0 Å². The second kappa shape index (κ2) is 7.94. The average Bonchev–Trinajstić information content (AvgIpc) is 2.37. The number of carbonyl (C=O) groups is 2. The van der Waals surface area contributed by atoms with E-state index in [1.165, 1.54) is 0 Å². The Morgan fingerprint density at radius 1 is 1.18 bits per heavy atom. The number of Topliss-reactive ketones (excluding diaryl/α,β-unsaturated/α-hetero) is 2. The van der Waals surface area contributed by atoms with E-state index < -0.39 is 0 Å². The lowest BCUT2D eigenvalue weighted by Gasteiger charge is -2.42. The molecule has 0 aromatic carbocycles. The van der Waals surface area contributed by atoms with Crippen LogP contribution in [0.25, 0.3) is 0 Å². The van der Waals surface area contributed by atoms with E-state index in [4.69, 9.17) is 0 Å². The van der Waals surface area contributed by atoms with Crippen LogP contribution < -0.4 is 5.32 Å². The molecule has 0 saturated carbocycles. The first-order valence-electron chi connectivity index (χ1n) is 8.79. The van der Waals surface area contributed by atoms with Crippen LogP contribution in [0.1, 0.15) is 73.6 Å². The largest absolute Gasteiger partial charge is 0.387 e. The van der Waals surface area contributed by atoms with Gasteiger partial charge in [0.05, 0.1) is 0 Å². The summed E-state index contributed by atoms with van der Waals surface area (Å²) in [5.41, 5.74) is 1.58. The summed E-state index contributed by atoms with van der Waals surface area (Å²) in [5, 5.41) is 3.42. The molecule has 0 bridgehead atoms. The van der Waals surface area contributed by atoms with Crippen molar-refractivity contribution in [2.24, 2.45) is 17.3 Å². The number of ketones is 2. The molecule has 3 nitrogen and oxygen atoms in total. The molecule has 3 heteroatoms. The molecule has 0 amide bonds. The highest BCUT2D eigenvalue weighted by molar-refractivity contribution is 5.99. The van der Waals surface area contributed by atoms with Gasteiger partial charge in [-0.25, -0.2) is 0 Å². The Bertz CT molecular complexity index is 446. The topological polar surface area (TPSA) is 46.2 Å². The van der Waals surface area contributed by atoms with Crippen molar-refractivity contribution >= 4 is 11.6 Å². The lowest BCUT2D eigenvalue weighted by Crippen LogP contribution is -2.47. The Labute approximate surface area is 135 Å². The normalized spacial score (nSPS) is 21.0. The van der Waals surface area contributed by atoms with Gasteiger partial charge in [0.25, 0.3) is 0 Å². The van der Waals surface area contributed by atoms with Crippen LogP contribution >= 0.6 is 0 Å². The summed E-state index contributed by atoms with van der Waals surface area (Å²) < 4.78 is 0. The van der Waals surface area contributed by atoms with Gasteiger partial charge in [-0.1, -0.05) is 41.5 Å². The fourth-order valence-corrected chi connectivity index (χ4v) is 3.53. The van der Waals surface area contributed by atoms with Crippen molar-refractivity contribution in [1.82, 2.24) is 5.32 Å². The summed E-state index contributed by atoms with van der Waals surface area (Å²) in [6.45, 7) is 13.2. The fraction of sp³-hybridized carbons (Fsp3) is 0.789. The molecule has 0 spiro atoms. The van der Waals surface area contributed by atoms with E-state index in [2.05, 4.69) is 33.0 Å². The maximum Gasteiger partial charge on any atom is 0.161 e. The fourth-order valence-electron chi connectivity index (χ4n) is 3.53. The van der Waals surface area contributed by atoms with Gasteiger partial charge >= 0.3 is 0 Å². The van der Waals surface area contributed by atoms with Crippen LogP contribution in [0.5, 0.6) is 0 Å². The lowest BCUT2D eigenvalue weighted by atomic mass is 9.65. The molecule has 1 unspecified atom stereocenters. The van der Waals surface area contributed by atoms with E-state index in [1.807, 2.05) is 13.8 Å². The number of nitrogens with one attached hydrogen (secondary N) is 1. The third-order valence-electron chi connectivity index (χ3n) is 4.59. The minimum absolute atomic E-state index is 0.0980. The van der Waals surface area contributed by atoms with Gasteiger partial charge in [0.1, 0.15) is 5.78 Å². The summed E-state index contributed by atoms with van der Waals surface area (Å²) in [6, 6.07) is 0. The second-order valence-electron chi connectivity index (χ2n) is 7.50. The van der Waals surface area contributed by atoms with E-state index in [0.717, 1.165) is 30.5 Å². The highest BCUT2D eigenvalue weighted by Gasteiger charge is 2.44. The summed E-state index contributed by atoms with van der Waals surface area (Å²) in [6.07, 6.45) is 3.76. The van der Waals surface area contributed by atoms with E-state index in [1.54, 1.807) is 0 Å². The second-order valence-corrected chi connectivity index (χ2v) is 7.50. The molecule has 0 aromatic rings. The SMILES string of the molecule is CCCC(=O)C1=C(CC(C)C)NCC(C(=O)CCC)C1(C)C. The van der Waals surface area contributed by atoms with Gasteiger partial charge in [-0.15, -0.1) is 0 Å². The van der Waals surface area contributed by atoms with Crippen molar-refractivity contribution in [3.05, 3.63) is 11.3 Å². The van der Waals surface area contributed by atoms with Gasteiger partial charge in [-0.05, 0) is 25.2 Å². The number of hydrogen-bond donors (Lipinski definition) is 1. The maximum atomic E-state index is 12.7. The molecule has 1 aliphatic rings. The Hall–Kier alpha value is -1.12. The molecular weight excluding hydrogens is 274 g/mol. The molecular formula is C19H33NO2. The summed E-state index contributed by atoms with van der Waals surface area (Å²) >= 11 is 0. The molecule has 126 valence electrons. The summed E-state index contributed by atoms with van der Waals surface area (Å²) in [4.78, 5) is 25.2. The van der Waals surface area contributed by atoms with E-state index in [0.29, 0.717) is 25.3 Å². The Balaban J connectivity index is 3.23. The third kappa shape index (κ3) is 4.21. The molecule has 0 fully saturated rings. The number of carbonyl (C=O) groups excluding carboxylic acids is 2. The van der Waals surface area contributed by atoms with Crippen molar-refractivity contribution in [2.75, 3.05) is 6.54 Å². The van der Waals surface area contributed by atoms with Crippen LogP contribution in [0.3, 0.4) is 0 Å². The smallest absolute Gasteiger partial charge is 0.161 e. The minimum Gasteiger partial charge on any atom is -0.387 e. The Morgan fingerprint density at radius 3 is 2.27 bits per heavy atom. The van der Waals surface area contributed by atoms with Crippen LogP contribution in [0.15, 0.2) is 11.3 Å². The van der Waals surface area contributed by atoms with Gasteiger partial charge in [0.15, 0.2) is 5.78 Å². The number of hydrogen-bond acceptors (Lipinski definition) is 3. The van der Waals surface area contributed by atoms with Gasteiger partial charge in [-0.3, -0.25) is 9.59 Å². The first kappa shape index (κ1) is 18.9. The van der Waals surface area contributed by atoms with E-state index >= 15 is 0 Å². The van der Waals surface area contributed by atoms with Crippen molar-refractivity contribution in [2.45, 2.75) is 73.6 Å². The molecule has 0 radical (unpaired) electrons. The molecule has 0 aromatic heterocycles. The highest BCUT2D eigenvalue weighted by Crippen LogP contribution is 2.42. The van der Waals surface area contributed by atoms with Crippen molar-refractivity contribution in [3.8, 4) is 0 Å². The molecule has 22 heavy (non-hydrogen) atoms. The monoisotopic (exact) mass is 307 g/mol. The van der Waals surface area contributed by atoms with Crippen LogP contribution in [0.2, 0.25) is 0 Å². The van der Waals surface area contributed by atoms with Crippen LogP contribution in [0.4, 0.5) is 0 Å². The van der Waals surface area contributed by atoms with Crippen molar-refractivity contribution in [1.29, 1.82) is 0 Å². The van der Waals surface area contributed by atoms with Crippen LogP contribution in [-0.2, 0) is 9.59 Å². The zero-order chi connectivity index (χ0) is 16.9. The standard InChI is InChI=1S/C19H33NO2/c1-7-9-16(21)14-12-20-15(11-13(3)4)18(19(14,5)6)17(22)10-8-2/h13-14,20H,7-12H2,1-6H3. The summed E-state index contributed by atoms with van der Waals surface area (Å²) in [7, 11) is 0. The van der Waals surface area contributed by atoms with Crippen molar-refractivity contribution in [3.63, 3.8) is 0 Å². The predicted molar refractivity (Wildman–Crippen MR) is 91.6 cm³/mol. The number of allylic oxidation sites excluding steroid dienone is 2. The van der Waals surface area contributed by atoms with Crippen LogP contribution in [-0.4, -0.2) is 18.1 Å². The summed E-state index contributed by atoms with van der Waals surface area (Å²) in [5.74, 6) is 0.889. The molecule has 1 heterocycles. The molecule has 0 aliphatic carbocycles. The van der Waals surface area contributed by atoms with Gasteiger partial charge in [0, 0.05) is 42.0 Å². The zero-order valence-corrected chi connectivity index (χ0v) is 15.2. The Kier molecular flexibility index (Phi) is 6.83. The van der Waals surface area contributed by atoms with Crippen LogP contribution in [0, 0.1) is 17.3 Å². The molecule has 1 aliphatic heterocycles. The van der Waals surface area contributed by atoms with E-state index in [-0.39, 0.29) is 22.9 Å². The zero-order valence-electron chi connectivity index (χ0n) is 15.2. The van der Waals surface area contributed by atoms with Gasteiger partial charge < -0.3 is 5.32 Å². The molecule has 1 N–H and O–H groups in total. The average molecular weight is 307 g/mol. The first-order valence-corrected chi connectivity index (χ1v) is 8.79. The minimum atomic E-state index is -0.367. The van der Waals surface area contributed by atoms with E-state index in [9.17, 15) is 9.59 Å².